The van der Waals surface area contributed by atoms with Crippen LogP contribution in [0.1, 0.15) is 15.9 Å². The zero-order valence-electron chi connectivity index (χ0n) is 7.45. The minimum absolute atomic E-state index is 0.606. The van der Waals surface area contributed by atoms with Crippen molar-refractivity contribution >= 4 is 24.8 Å². The van der Waals surface area contributed by atoms with Gasteiger partial charge < -0.3 is 0 Å². The summed E-state index contributed by atoms with van der Waals surface area (Å²) in [6, 6.07) is 3.52. The summed E-state index contributed by atoms with van der Waals surface area (Å²) >= 11 is 0. The molecule has 3 nitrogen and oxygen atoms in total. The van der Waals surface area contributed by atoms with E-state index in [1.807, 2.05) is 0 Å². The Morgan fingerprint density at radius 1 is 1.19 bits per heavy atom. The molecule has 0 aliphatic heterocycles. The summed E-state index contributed by atoms with van der Waals surface area (Å²) in [5, 5.41) is -1.76. The summed E-state index contributed by atoms with van der Waals surface area (Å²) in [6.45, 7) is 0. The Morgan fingerprint density at radius 2 is 1.69 bits per heavy atom. The number of hydrogen-bond donors (Lipinski definition) is 0. The molecule has 8 heteroatoms. The molecule has 0 fully saturated rings. The van der Waals surface area contributed by atoms with Crippen molar-refractivity contribution in [3.8, 4) is 0 Å². The maximum Gasteiger partial charge on any atom is 0.417 e. The summed E-state index contributed by atoms with van der Waals surface area (Å²) in [5.41, 5.74) is -2.31. The van der Waals surface area contributed by atoms with Crippen LogP contribution >= 0.6 is 10.7 Å². The highest BCUT2D eigenvalue weighted by molar-refractivity contribution is 8.25. The first-order valence-electron chi connectivity index (χ1n) is 3.79. The Labute approximate surface area is 93.3 Å². The van der Waals surface area contributed by atoms with E-state index >= 15 is 0 Å². The maximum atomic E-state index is 12.4. The van der Waals surface area contributed by atoms with E-state index < -0.39 is 31.5 Å². The van der Waals surface area contributed by atoms with Crippen LogP contribution < -0.4 is 0 Å². The van der Waals surface area contributed by atoms with E-state index in [-0.39, 0.29) is 0 Å². The lowest BCUT2D eigenvalue weighted by atomic mass is 10.1. The highest BCUT2D eigenvalue weighted by atomic mass is 35.7. The van der Waals surface area contributed by atoms with Crippen LogP contribution in [-0.2, 0) is 15.2 Å². The molecule has 1 aromatic carbocycles. The summed E-state index contributed by atoms with van der Waals surface area (Å²) in [5.74, 6) is 0. The van der Waals surface area contributed by atoms with Crippen molar-refractivity contribution in [2.24, 2.45) is 0 Å². The van der Waals surface area contributed by atoms with E-state index in [2.05, 4.69) is 0 Å². The second kappa shape index (κ2) is 4.06. The zero-order chi connectivity index (χ0) is 12.6. The summed E-state index contributed by atoms with van der Waals surface area (Å²) in [7, 11) is -0.00978. The largest absolute Gasteiger partial charge is 0.417 e. The molecular formula is C8H4ClF3O3S. The summed E-state index contributed by atoms with van der Waals surface area (Å²) < 4.78 is 58.5. The Morgan fingerprint density at radius 3 is 2.12 bits per heavy atom. The second-order valence-corrected chi connectivity index (χ2v) is 5.23. The van der Waals surface area contributed by atoms with Crippen molar-refractivity contribution in [2.45, 2.75) is 6.18 Å². The van der Waals surface area contributed by atoms with Gasteiger partial charge >= 0.3 is 6.18 Å². The predicted octanol–water partition coefficient (Wildman–Crippen LogP) is 2.41. The van der Waals surface area contributed by atoms with Gasteiger partial charge in [0.25, 0.3) is 14.2 Å². The van der Waals surface area contributed by atoms with Crippen molar-refractivity contribution in [1.29, 1.82) is 0 Å². The second-order valence-electron chi connectivity index (χ2n) is 2.77. The number of rotatable bonds is 1. The molecule has 1 rings (SSSR count). The van der Waals surface area contributed by atoms with Crippen LogP contribution in [-0.4, -0.2) is 13.5 Å². The minimum Gasteiger partial charge on any atom is -0.275 e. The number of carbonyl (C=O) groups is 1. The van der Waals surface area contributed by atoms with Gasteiger partial charge in [-0.3, -0.25) is 4.79 Å². The lowest BCUT2D eigenvalue weighted by Gasteiger charge is -2.09. The monoisotopic (exact) mass is 272 g/mol. The molecule has 0 bridgehead atoms. The number of benzene rings is 1. The van der Waals surface area contributed by atoms with Crippen molar-refractivity contribution in [2.75, 3.05) is 0 Å². The van der Waals surface area contributed by atoms with Crippen LogP contribution in [0.4, 0.5) is 13.2 Å². The van der Waals surface area contributed by atoms with Gasteiger partial charge in [-0.05, 0) is 12.1 Å². The van der Waals surface area contributed by atoms with E-state index in [1.54, 1.807) is 0 Å². The highest BCUT2D eigenvalue weighted by Gasteiger charge is 2.37. The fraction of sp³-hybridized carbons (Fsp3) is 0.125. The van der Waals surface area contributed by atoms with Crippen LogP contribution in [0.25, 0.3) is 0 Å². The van der Waals surface area contributed by atoms with Crippen molar-refractivity contribution < 1.29 is 26.4 Å². The molecule has 0 atom stereocenters. The molecule has 0 aliphatic rings. The number of halogens is 4. The lowest BCUT2D eigenvalue weighted by Crippen LogP contribution is -2.16. The van der Waals surface area contributed by atoms with Crippen molar-refractivity contribution in [3.63, 3.8) is 0 Å². The third kappa shape index (κ3) is 2.73. The summed E-state index contributed by atoms with van der Waals surface area (Å²) in [6.07, 6.45) is -4.81. The SMILES string of the molecule is O=C(c1ccccc1C(F)(F)F)S(=O)(=O)Cl. The average Bonchev–Trinajstić information content (AvgIpc) is 2.14. The Bertz CT molecular complexity index is 522. The van der Waals surface area contributed by atoms with Crippen molar-refractivity contribution in [1.82, 2.24) is 0 Å². The molecule has 0 amide bonds. The van der Waals surface area contributed by atoms with Crippen molar-refractivity contribution in [3.05, 3.63) is 35.4 Å². The van der Waals surface area contributed by atoms with Crippen LogP contribution in [0.2, 0.25) is 0 Å². The van der Waals surface area contributed by atoms with E-state index in [9.17, 15) is 26.4 Å². The van der Waals surface area contributed by atoms with Gasteiger partial charge in [-0.25, -0.2) is 8.42 Å². The number of hydrogen-bond acceptors (Lipinski definition) is 3. The molecular weight excluding hydrogens is 269 g/mol. The first-order valence-corrected chi connectivity index (χ1v) is 6.10. The lowest BCUT2D eigenvalue weighted by molar-refractivity contribution is -0.137. The van der Waals surface area contributed by atoms with Gasteiger partial charge in [0, 0.05) is 16.2 Å². The van der Waals surface area contributed by atoms with Gasteiger partial charge in [-0.15, -0.1) is 0 Å². The summed E-state index contributed by atoms with van der Waals surface area (Å²) in [4.78, 5) is 11.1. The molecule has 0 unspecified atom stereocenters. The van der Waals surface area contributed by atoms with Gasteiger partial charge in [0.05, 0.1) is 5.56 Å². The van der Waals surface area contributed by atoms with Crippen LogP contribution in [0.3, 0.4) is 0 Å². The fourth-order valence-corrected chi connectivity index (χ4v) is 1.73. The zero-order valence-corrected chi connectivity index (χ0v) is 9.03. The number of alkyl halides is 3. The van der Waals surface area contributed by atoms with Crippen LogP contribution in [0.5, 0.6) is 0 Å². The smallest absolute Gasteiger partial charge is 0.275 e. The molecule has 88 valence electrons. The third-order valence-electron chi connectivity index (χ3n) is 1.67. The minimum atomic E-state index is -4.81. The highest BCUT2D eigenvalue weighted by Crippen LogP contribution is 2.32. The quantitative estimate of drug-likeness (QED) is 0.738. The van der Waals surface area contributed by atoms with Gasteiger partial charge in [0.1, 0.15) is 0 Å². The van der Waals surface area contributed by atoms with Crippen LogP contribution in [0.15, 0.2) is 24.3 Å². The van der Waals surface area contributed by atoms with Crippen LogP contribution in [0, 0.1) is 0 Å². The molecule has 0 heterocycles. The van der Waals surface area contributed by atoms with E-state index in [0.29, 0.717) is 6.07 Å². The van der Waals surface area contributed by atoms with Gasteiger partial charge in [-0.2, -0.15) is 13.2 Å². The maximum absolute atomic E-state index is 12.4. The normalized spacial score (nSPS) is 12.5. The van der Waals surface area contributed by atoms with Gasteiger partial charge in [0.15, 0.2) is 0 Å². The Hall–Kier alpha value is -1.08. The third-order valence-corrected chi connectivity index (χ3v) is 2.76. The molecule has 0 saturated carbocycles. The molecule has 0 radical (unpaired) electrons. The topological polar surface area (TPSA) is 51.2 Å². The average molecular weight is 273 g/mol. The molecule has 0 aromatic heterocycles. The molecule has 16 heavy (non-hydrogen) atoms. The molecule has 0 N–H and O–H groups in total. The van der Waals surface area contributed by atoms with Gasteiger partial charge in [-0.1, -0.05) is 12.1 Å². The standard InChI is InChI=1S/C8H4ClF3O3S/c9-16(14,15)7(13)5-3-1-2-4-6(5)8(10,11)12/h1-4H. The first-order chi connectivity index (χ1) is 7.14. The van der Waals surface area contributed by atoms with E-state index in [4.69, 9.17) is 10.7 Å². The molecule has 0 saturated heterocycles. The van der Waals surface area contributed by atoms with E-state index in [0.717, 1.165) is 18.2 Å². The van der Waals surface area contributed by atoms with Gasteiger partial charge in [0.2, 0.25) is 0 Å². The Kier molecular flexibility index (Phi) is 3.30. The molecule has 0 spiro atoms. The predicted molar refractivity (Wildman–Crippen MR) is 50.5 cm³/mol. The first kappa shape index (κ1) is 13.0. The number of carbonyl (C=O) groups excluding carboxylic acids is 1. The molecule has 0 aliphatic carbocycles. The van der Waals surface area contributed by atoms with E-state index in [1.165, 1.54) is 0 Å². The molecule has 1 aromatic rings. The Balaban J connectivity index is 3.42. The fourth-order valence-electron chi connectivity index (χ4n) is 1.04.